The Hall–Kier alpha value is -3.40. The third kappa shape index (κ3) is 5.87. The van der Waals surface area contributed by atoms with Gasteiger partial charge in [-0.3, -0.25) is 9.59 Å². The number of amides is 2. The lowest BCUT2D eigenvalue weighted by Crippen LogP contribution is -2.62. The Labute approximate surface area is 210 Å². The number of rotatable bonds is 9. The first kappa shape index (κ1) is 27.2. The SMILES string of the molecule is C=COC(=O)[C@H]1[C@H]2[C@@H]1[C@@](NC(=O)[C@H](Cc1ccccc1)NC(=O)OC(C)(C)C)(C(=O)OCC)C[C@@H]2O. The van der Waals surface area contributed by atoms with E-state index < -0.39 is 65.0 Å². The van der Waals surface area contributed by atoms with Gasteiger partial charge in [0.1, 0.15) is 17.2 Å². The maximum absolute atomic E-state index is 13.6. The number of carbonyl (C=O) groups excluding carboxylic acids is 4. The monoisotopic (exact) mass is 502 g/mol. The van der Waals surface area contributed by atoms with Crippen molar-refractivity contribution < 1.29 is 38.5 Å². The van der Waals surface area contributed by atoms with Gasteiger partial charge in [-0.05, 0) is 33.3 Å². The number of carbonyl (C=O) groups is 4. The minimum absolute atomic E-state index is 0.0370. The third-order valence-electron chi connectivity index (χ3n) is 6.37. The summed E-state index contributed by atoms with van der Waals surface area (Å²) in [6.07, 6.45) is -0.868. The van der Waals surface area contributed by atoms with Gasteiger partial charge in [0.25, 0.3) is 0 Å². The van der Waals surface area contributed by atoms with Crippen LogP contribution in [-0.2, 0) is 35.0 Å². The van der Waals surface area contributed by atoms with Crippen LogP contribution in [0.4, 0.5) is 4.79 Å². The summed E-state index contributed by atoms with van der Waals surface area (Å²) in [5, 5.41) is 16.0. The highest BCUT2D eigenvalue weighted by atomic mass is 16.6. The Morgan fingerprint density at radius 2 is 1.89 bits per heavy atom. The molecule has 0 heterocycles. The second kappa shape index (κ2) is 10.7. The number of aliphatic hydroxyl groups is 1. The van der Waals surface area contributed by atoms with Gasteiger partial charge in [-0.2, -0.15) is 0 Å². The molecule has 0 aromatic heterocycles. The fourth-order valence-electron chi connectivity index (χ4n) is 5.00. The molecule has 2 aliphatic rings. The summed E-state index contributed by atoms with van der Waals surface area (Å²) in [5.74, 6) is -4.17. The number of hydrogen-bond donors (Lipinski definition) is 3. The van der Waals surface area contributed by atoms with E-state index >= 15 is 0 Å². The van der Waals surface area contributed by atoms with Crippen LogP contribution in [0.25, 0.3) is 0 Å². The van der Waals surface area contributed by atoms with E-state index in [1.165, 1.54) is 0 Å². The quantitative estimate of drug-likeness (QED) is 0.264. The Morgan fingerprint density at radius 3 is 2.47 bits per heavy atom. The molecular formula is C26H34N2O8. The van der Waals surface area contributed by atoms with E-state index in [1.54, 1.807) is 52.0 Å². The molecule has 196 valence electrons. The molecule has 1 aromatic rings. The molecule has 0 radical (unpaired) electrons. The third-order valence-corrected chi connectivity index (χ3v) is 6.37. The zero-order chi connectivity index (χ0) is 26.7. The van der Waals surface area contributed by atoms with Crippen molar-refractivity contribution in [2.45, 2.75) is 63.8 Å². The van der Waals surface area contributed by atoms with Gasteiger partial charge < -0.3 is 30.0 Å². The summed E-state index contributed by atoms with van der Waals surface area (Å²) in [6, 6.07) is 7.92. The van der Waals surface area contributed by atoms with Gasteiger partial charge in [-0.1, -0.05) is 36.9 Å². The molecule has 36 heavy (non-hydrogen) atoms. The zero-order valence-electron chi connectivity index (χ0n) is 21.0. The first-order valence-corrected chi connectivity index (χ1v) is 12.0. The molecular weight excluding hydrogens is 468 g/mol. The van der Waals surface area contributed by atoms with Crippen LogP contribution in [0.2, 0.25) is 0 Å². The van der Waals surface area contributed by atoms with Crippen molar-refractivity contribution in [2.75, 3.05) is 6.61 Å². The summed E-state index contributed by atoms with van der Waals surface area (Å²) >= 11 is 0. The topological polar surface area (TPSA) is 140 Å². The maximum atomic E-state index is 13.6. The van der Waals surface area contributed by atoms with E-state index in [-0.39, 0.29) is 19.4 Å². The highest BCUT2D eigenvalue weighted by Crippen LogP contribution is 2.63. The van der Waals surface area contributed by atoms with Crippen LogP contribution in [0.3, 0.4) is 0 Å². The van der Waals surface area contributed by atoms with Crippen LogP contribution in [0.5, 0.6) is 0 Å². The minimum Gasteiger partial charge on any atom is -0.464 e. The normalized spacial score (nSPS) is 27.1. The summed E-state index contributed by atoms with van der Waals surface area (Å²) in [7, 11) is 0. The smallest absolute Gasteiger partial charge is 0.408 e. The number of alkyl carbamates (subject to hydrolysis) is 1. The molecule has 3 rings (SSSR count). The molecule has 2 amide bonds. The number of esters is 2. The van der Waals surface area contributed by atoms with E-state index in [0.29, 0.717) is 0 Å². The first-order chi connectivity index (χ1) is 16.9. The van der Waals surface area contributed by atoms with Crippen molar-refractivity contribution in [1.82, 2.24) is 10.6 Å². The Bertz CT molecular complexity index is 1000. The first-order valence-electron chi connectivity index (χ1n) is 12.0. The molecule has 0 aliphatic heterocycles. The Balaban J connectivity index is 1.89. The van der Waals surface area contributed by atoms with E-state index in [0.717, 1.165) is 11.8 Å². The van der Waals surface area contributed by atoms with Crippen LogP contribution in [0.1, 0.15) is 39.7 Å². The van der Waals surface area contributed by atoms with Crippen molar-refractivity contribution >= 4 is 23.9 Å². The number of benzene rings is 1. The average Bonchev–Trinajstić information content (AvgIpc) is 3.48. The number of aliphatic hydroxyl groups excluding tert-OH is 1. The van der Waals surface area contributed by atoms with E-state index in [1.807, 2.05) is 6.07 Å². The molecule has 0 bridgehead atoms. The molecule has 0 unspecified atom stereocenters. The molecule has 3 N–H and O–H groups in total. The van der Waals surface area contributed by atoms with Gasteiger partial charge in [0.15, 0.2) is 0 Å². The molecule has 0 spiro atoms. The summed E-state index contributed by atoms with van der Waals surface area (Å²) in [4.78, 5) is 51.7. The molecule has 0 saturated heterocycles. The minimum atomic E-state index is -1.66. The molecule has 10 heteroatoms. The predicted molar refractivity (Wildman–Crippen MR) is 128 cm³/mol. The predicted octanol–water partition coefficient (Wildman–Crippen LogP) is 1.85. The maximum Gasteiger partial charge on any atom is 0.408 e. The van der Waals surface area contributed by atoms with E-state index in [2.05, 4.69) is 17.2 Å². The fraction of sp³-hybridized carbons (Fsp3) is 0.538. The molecule has 2 fully saturated rings. The van der Waals surface area contributed by atoms with Crippen LogP contribution in [-0.4, -0.2) is 58.9 Å². The molecule has 2 aliphatic carbocycles. The van der Waals surface area contributed by atoms with E-state index in [9.17, 15) is 24.3 Å². The number of fused-ring (bicyclic) bond motifs is 1. The summed E-state index contributed by atoms with van der Waals surface area (Å²) < 4.78 is 15.5. The van der Waals surface area contributed by atoms with Gasteiger partial charge in [-0.15, -0.1) is 0 Å². The van der Waals surface area contributed by atoms with E-state index in [4.69, 9.17) is 14.2 Å². The molecule has 2 saturated carbocycles. The molecule has 6 atom stereocenters. The van der Waals surface area contributed by atoms with Gasteiger partial charge in [0, 0.05) is 24.7 Å². The van der Waals surface area contributed by atoms with Crippen LogP contribution in [0, 0.1) is 17.8 Å². The van der Waals surface area contributed by atoms with Crippen LogP contribution >= 0.6 is 0 Å². The van der Waals surface area contributed by atoms with Crippen molar-refractivity contribution in [3.05, 3.63) is 48.7 Å². The highest BCUT2D eigenvalue weighted by Gasteiger charge is 2.76. The lowest BCUT2D eigenvalue weighted by molar-refractivity contribution is -0.156. The summed E-state index contributed by atoms with van der Waals surface area (Å²) in [5.41, 5.74) is -1.69. The molecule has 10 nitrogen and oxygen atoms in total. The standard InChI is InChI=1S/C26H34N2O8/c1-6-34-22(31)19-18-17(29)14-26(20(18)19,23(32)35-7-2)28-21(30)16(13-15-11-9-8-10-12-15)27-24(33)36-25(3,4)5/h6,8-12,16-20,29H,1,7,13-14H2,2-5H3,(H,27,33)(H,28,30)/t16-,17-,18-,19-,20-,26+/m0/s1. The van der Waals surface area contributed by atoms with Crippen LogP contribution in [0.15, 0.2) is 43.2 Å². The number of ether oxygens (including phenoxy) is 3. The Kier molecular flexibility index (Phi) is 8.08. The second-order valence-electron chi connectivity index (χ2n) is 10.1. The van der Waals surface area contributed by atoms with Crippen molar-refractivity contribution in [3.8, 4) is 0 Å². The van der Waals surface area contributed by atoms with Gasteiger partial charge >= 0.3 is 18.0 Å². The van der Waals surface area contributed by atoms with Crippen molar-refractivity contribution in [1.29, 1.82) is 0 Å². The lowest BCUT2D eigenvalue weighted by atomic mass is 9.88. The van der Waals surface area contributed by atoms with Gasteiger partial charge in [0.05, 0.1) is 24.9 Å². The number of hydrogen-bond acceptors (Lipinski definition) is 8. The summed E-state index contributed by atoms with van der Waals surface area (Å²) in [6.45, 7) is 10.1. The Morgan fingerprint density at radius 1 is 1.22 bits per heavy atom. The van der Waals surface area contributed by atoms with Gasteiger partial charge in [-0.25, -0.2) is 9.59 Å². The van der Waals surface area contributed by atoms with Gasteiger partial charge in [0.2, 0.25) is 5.91 Å². The largest absolute Gasteiger partial charge is 0.464 e. The van der Waals surface area contributed by atoms with Crippen molar-refractivity contribution in [3.63, 3.8) is 0 Å². The van der Waals surface area contributed by atoms with Crippen molar-refractivity contribution in [2.24, 2.45) is 17.8 Å². The number of nitrogens with one attached hydrogen (secondary N) is 2. The lowest BCUT2D eigenvalue weighted by Gasteiger charge is -2.33. The zero-order valence-corrected chi connectivity index (χ0v) is 21.0. The second-order valence-corrected chi connectivity index (χ2v) is 10.1. The van der Waals surface area contributed by atoms with Crippen LogP contribution < -0.4 is 10.6 Å². The molecule has 1 aromatic carbocycles. The fourth-order valence-corrected chi connectivity index (χ4v) is 5.00. The highest BCUT2D eigenvalue weighted by molar-refractivity contribution is 5.94. The average molecular weight is 503 g/mol.